The van der Waals surface area contributed by atoms with Gasteiger partial charge in [-0.15, -0.1) is 0 Å². The Morgan fingerprint density at radius 1 is 1.09 bits per heavy atom. The number of rotatable bonds is 6. The maximum atomic E-state index is 11.7. The summed E-state index contributed by atoms with van der Waals surface area (Å²) in [6.07, 6.45) is 1.57. The zero-order chi connectivity index (χ0) is 25.2. The minimum absolute atomic E-state index is 0.00261. The van der Waals surface area contributed by atoms with Crippen LogP contribution in [0, 0.1) is 18.3 Å². The number of primary sulfonamides is 1. The van der Waals surface area contributed by atoms with Crippen molar-refractivity contribution in [1.82, 2.24) is 4.98 Å². The molecule has 2 heterocycles. The standard InChI is InChI=1S/C25H20N4O4S2/c1-15-3-5-18(6-4-15)23-25(28-16(2)30)34-24(29-23)19(14-26)13-20-9-12-22(33-20)17-7-10-21(11-8-17)35(27,31)32/h3-13H,1-2H3,(H,28,30)(H2,27,31,32). The van der Waals surface area contributed by atoms with Crippen molar-refractivity contribution < 1.29 is 17.6 Å². The average Bonchev–Trinajstić information content (AvgIpc) is 3.44. The van der Waals surface area contributed by atoms with E-state index in [4.69, 9.17) is 9.56 Å². The highest BCUT2D eigenvalue weighted by molar-refractivity contribution is 7.89. The molecule has 10 heteroatoms. The number of hydrogen-bond donors (Lipinski definition) is 2. The number of aromatic nitrogens is 1. The Bertz CT molecular complexity index is 1570. The van der Waals surface area contributed by atoms with Gasteiger partial charge in [0.1, 0.15) is 33.3 Å². The van der Waals surface area contributed by atoms with Crippen LogP contribution in [0.4, 0.5) is 5.00 Å². The normalized spacial score (nSPS) is 11.8. The van der Waals surface area contributed by atoms with E-state index in [0.717, 1.165) is 11.1 Å². The van der Waals surface area contributed by atoms with Gasteiger partial charge >= 0.3 is 0 Å². The van der Waals surface area contributed by atoms with Crippen molar-refractivity contribution in [3.8, 4) is 28.7 Å². The van der Waals surface area contributed by atoms with Gasteiger partial charge in [0.2, 0.25) is 15.9 Å². The Hall–Kier alpha value is -4.04. The van der Waals surface area contributed by atoms with Gasteiger partial charge in [-0.3, -0.25) is 4.79 Å². The van der Waals surface area contributed by atoms with Crippen LogP contribution in [0.1, 0.15) is 23.3 Å². The summed E-state index contributed by atoms with van der Waals surface area (Å²) < 4.78 is 28.8. The summed E-state index contributed by atoms with van der Waals surface area (Å²) in [6, 6.07) is 19.3. The molecule has 0 spiro atoms. The van der Waals surface area contributed by atoms with Crippen molar-refractivity contribution in [3.05, 3.63) is 77.0 Å². The quantitative estimate of drug-likeness (QED) is 0.352. The SMILES string of the molecule is CC(=O)Nc1sc(C(C#N)=Cc2ccc(-c3ccc(S(N)(=O)=O)cc3)o2)nc1-c1ccc(C)cc1. The number of benzene rings is 2. The predicted molar refractivity (Wildman–Crippen MR) is 136 cm³/mol. The molecule has 2 aromatic carbocycles. The second-order valence-corrected chi connectivity index (χ2v) is 10.2. The lowest BCUT2D eigenvalue weighted by atomic mass is 10.1. The lowest BCUT2D eigenvalue weighted by Gasteiger charge is -2.03. The summed E-state index contributed by atoms with van der Waals surface area (Å²) in [7, 11) is -3.79. The lowest BCUT2D eigenvalue weighted by molar-refractivity contribution is -0.114. The number of nitriles is 1. The molecular formula is C25H20N4O4S2. The first-order valence-electron chi connectivity index (χ1n) is 10.3. The Morgan fingerprint density at radius 2 is 1.74 bits per heavy atom. The molecule has 0 fully saturated rings. The number of thiazole rings is 1. The van der Waals surface area contributed by atoms with E-state index < -0.39 is 10.0 Å². The highest BCUT2D eigenvalue weighted by Crippen LogP contribution is 2.37. The van der Waals surface area contributed by atoms with Crippen LogP contribution in [0.2, 0.25) is 0 Å². The van der Waals surface area contributed by atoms with Crippen LogP contribution < -0.4 is 10.5 Å². The third-order valence-electron chi connectivity index (χ3n) is 4.97. The molecule has 0 unspecified atom stereocenters. The third kappa shape index (κ3) is 5.55. The fourth-order valence-electron chi connectivity index (χ4n) is 3.27. The number of allylic oxidation sites excluding steroid dienone is 1. The molecule has 4 rings (SSSR count). The van der Waals surface area contributed by atoms with Gasteiger partial charge in [-0.1, -0.05) is 41.2 Å². The zero-order valence-corrected chi connectivity index (χ0v) is 20.4. The first-order chi connectivity index (χ1) is 16.6. The van der Waals surface area contributed by atoms with Crippen molar-refractivity contribution >= 4 is 43.9 Å². The monoisotopic (exact) mass is 504 g/mol. The van der Waals surface area contributed by atoms with Crippen LogP contribution in [0.25, 0.3) is 34.2 Å². The first kappa shape index (κ1) is 24.1. The van der Waals surface area contributed by atoms with E-state index >= 15 is 0 Å². The van der Waals surface area contributed by atoms with Crippen molar-refractivity contribution in [2.75, 3.05) is 5.32 Å². The fraction of sp³-hybridized carbons (Fsp3) is 0.0800. The largest absolute Gasteiger partial charge is 0.457 e. The van der Waals surface area contributed by atoms with E-state index in [-0.39, 0.29) is 16.4 Å². The van der Waals surface area contributed by atoms with Crippen molar-refractivity contribution in [1.29, 1.82) is 5.26 Å². The minimum Gasteiger partial charge on any atom is -0.457 e. The molecular weight excluding hydrogens is 484 g/mol. The zero-order valence-electron chi connectivity index (χ0n) is 18.8. The van der Waals surface area contributed by atoms with Crippen molar-refractivity contribution in [2.24, 2.45) is 5.14 Å². The van der Waals surface area contributed by atoms with Crippen LogP contribution >= 0.6 is 11.3 Å². The van der Waals surface area contributed by atoms with E-state index in [1.54, 1.807) is 30.3 Å². The molecule has 4 aromatic rings. The highest BCUT2D eigenvalue weighted by atomic mass is 32.2. The molecule has 35 heavy (non-hydrogen) atoms. The van der Waals surface area contributed by atoms with Gasteiger partial charge in [0.05, 0.1) is 10.5 Å². The van der Waals surface area contributed by atoms with Gasteiger partial charge in [0.15, 0.2) is 0 Å². The van der Waals surface area contributed by atoms with E-state index in [0.29, 0.717) is 32.8 Å². The number of nitrogens with one attached hydrogen (secondary N) is 1. The van der Waals surface area contributed by atoms with Gasteiger partial charge in [0.25, 0.3) is 0 Å². The predicted octanol–water partition coefficient (Wildman–Crippen LogP) is 5.05. The van der Waals surface area contributed by atoms with Crippen LogP contribution in [0.5, 0.6) is 0 Å². The number of furan rings is 1. The number of aryl methyl sites for hydroxylation is 1. The molecule has 0 saturated carbocycles. The summed E-state index contributed by atoms with van der Waals surface area (Å²) in [5.41, 5.74) is 3.42. The number of carbonyl (C=O) groups excluding carboxylic acids is 1. The van der Waals surface area contributed by atoms with E-state index in [1.807, 2.05) is 31.2 Å². The minimum atomic E-state index is -3.79. The third-order valence-corrected chi connectivity index (χ3v) is 6.91. The summed E-state index contributed by atoms with van der Waals surface area (Å²) in [4.78, 5) is 16.4. The maximum Gasteiger partial charge on any atom is 0.238 e. The Labute approximate surface area is 206 Å². The highest BCUT2D eigenvalue weighted by Gasteiger charge is 2.18. The van der Waals surface area contributed by atoms with Gasteiger partial charge in [-0.2, -0.15) is 5.26 Å². The number of carbonyl (C=O) groups is 1. The molecule has 0 radical (unpaired) electrons. The number of anilines is 1. The topological polar surface area (TPSA) is 139 Å². The molecule has 0 aliphatic rings. The van der Waals surface area contributed by atoms with E-state index in [9.17, 15) is 18.5 Å². The Kier molecular flexibility index (Phi) is 6.66. The average molecular weight is 505 g/mol. The molecule has 0 atom stereocenters. The second kappa shape index (κ2) is 9.68. The van der Waals surface area contributed by atoms with Gasteiger partial charge in [0, 0.05) is 24.1 Å². The van der Waals surface area contributed by atoms with Crippen LogP contribution in [0.15, 0.2) is 70.0 Å². The number of nitrogens with two attached hydrogens (primary N) is 1. The lowest BCUT2D eigenvalue weighted by Crippen LogP contribution is -2.11. The molecule has 0 aliphatic carbocycles. The summed E-state index contributed by atoms with van der Waals surface area (Å²) >= 11 is 1.20. The molecule has 0 bridgehead atoms. The van der Waals surface area contributed by atoms with Gasteiger partial charge in [-0.05, 0) is 43.3 Å². The number of amides is 1. The van der Waals surface area contributed by atoms with Crippen LogP contribution in [0.3, 0.4) is 0 Å². The molecule has 1 amide bonds. The number of nitrogens with zero attached hydrogens (tertiary/aromatic N) is 2. The molecule has 176 valence electrons. The fourth-order valence-corrected chi connectivity index (χ4v) is 4.78. The number of sulfonamides is 1. The summed E-state index contributed by atoms with van der Waals surface area (Å²) in [5, 5.41) is 18.7. The smallest absolute Gasteiger partial charge is 0.238 e. The first-order valence-corrected chi connectivity index (χ1v) is 12.7. The molecule has 2 aromatic heterocycles. The van der Waals surface area contributed by atoms with E-state index in [2.05, 4.69) is 16.4 Å². The summed E-state index contributed by atoms with van der Waals surface area (Å²) in [5.74, 6) is 0.674. The molecule has 3 N–H and O–H groups in total. The van der Waals surface area contributed by atoms with Crippen molar-refractivity contribution in [3.63, 3.8) is 0 Å². The maximum absolute atomic E-state index is 11.7. The van der Waals surface area contributed by atoms with Gasteiger partial charge in [-0.25, -0.2) is 18.5 Å². The van der Waals surface area contributed by atoms with Crippen molar-refractivity contribution in [2.45, 2.75) is 18.7 Å². The van der Waals surface area contributed by atoms with Gasteiger partial charge < -0.3 is 9.73 Å². The van der Waals surface area contributed by atoms with E-state index in [1.165, 1.54) is 30.4 Å². The molecule has 0 saturated heterocycles. The Morgan fingerprint density at radius 3 is 2.34 bits per heavy atom. The van der Waals surface area contributed by atoms with Crippen LogP contribution in [-0.2, 0) is 14.8 Å². The molecule has 8 nitrogen and oxygen atoms in total. The second-order valence-electron chi connectivity index (χ2n) is 7.69. The molecule has 0 aliphatic heterocycles. The Balaban J connectivity index is 1.68. The summed E-state index contributed by atoms with van der Waals surface area (Å²) in [6.45, 7) is 3.40. The van der Waals surface area contributed by atoms with Crippen LogP contribution in [-0.4, -0.2) is 19.3 Å². The number of hydrogen-bond acceptors (Lipinski definition) is 7.